The van der Waals surface area contributed by atoms with Gasteiger partial charge in [0.05, 0.1) is 6.61 Å². The molecule has 1 atom stereocenters. The molecular weight excluding hydrogens is 236 g/mol. The van der Waals surface area contributed by atoms with Gasteiger partial charge in [0.25, 0.3) is 0 Å². The summed E-state index contributed by atoms with van der Waals surface area (Å²) in [5, 5.41) is 2.97. The number of nitrogens with zero attached hydrogens (tertiary/aromatic N) is 1. The number of aromatic nitrogens is 1. The van der Waals surface area contributed by atoms with Gasteiger partial charge < -0.3 is 10.1 Å². The van der Waals surface area contributed by atoms with Crippen LogP contribution in [0.5, 0.6) is 0 Å². The highest BCUT2D eigenvalue weighted by Crippen LogP contribution is 2.17. The molecule has 0 aromatic carbocycles. The minimum absolute atomic E-state index is 0.176. The average Bonchev–Trinajstić information content (AvgIpc) is 2.36. The predicted molar refractivity (Wildman–Crippen MR) is 69.1 cm³/mol. The summed E-state index contributed by atoms with van der Waals surface area (Å²) >= 11 is 1.71. The molecule has 17 heavy (non-hydrogen) atoms. The number of likely N-dealkylation sites (N-methyl/N-ethyl adjacent to an activating group) is 1. The van der Waals surface area contributed by atoms with Gasteiger partial charge in [0.2, 0.25) is 0 Å². The van der Waals surface area contributed by atoms with Gasteiger partial charge in [-0.3, -0.25) is 9.78 Å². The summed E-state index contributed by atoms with van der Waals surface area (Å²) in [7, 11) is 1.78. The topological polar surface area (TPSA) is 51.2 Å². The highest BCUT2D eigenvalue weighted by molar-refractivity contribution is 7.99. The first kappa shape index (κ1) is 14.0. The Labute approximate surface area is 106 Å². The minimum Gasteiger partial charge on any atom is -0.465 e. The van der Waals surface area contributed by atoms with Crippen LogP contribution in [0, 0.1) is 0 Å². The lowest BCUT2D eigenvalue weighted by Gasteiger charge is -2.14. The van der Waals surface area contributed by atoms with E-state index in [-0.39, 0.29) is 12.0 Å². The largest absolute Gasteiger partial charge is 0.465 e. The Morgan fingerprint density at radius 3 is 2.82 bits per heavy atom. The molecule has 4 nitrogen and oxygen atoms in total. The summed E-state index contributed by atoms with van der Waals surface area (Å²) in [6.07, 6.45) is 4.29. The fraction of sp³-hybridized carbons (Fsp3) is 0.500. The highest BCUT2D eigenvalue weighted by Gasteiger charge is 2.16. The lowest BCUT2D eigenvalue weighted by Crippen LogP contribution is -2.36. The van der Waals surface area contributed by atoms with Crippen molar-refractivity contribution in [1.29, 1.82) is 0 Å². The first-order valence-electron chi connectivity index (χ1n) is 5.64. The van der Waals surface area contributed by atoms with Crippen LogP contribution in [-0.4, -0.2) is 36.4 Å². The second-order valence-electron chi connectivity index (χ2n) is 3.41. The van der Waals surface area contributed by atoms with Gasteiger partial charge in [0.15, 0.2) is 0 Å². The van der Waals surface area contributed by atoms with Crippen molar-refractivity contribution in [3.63, 3.8) is 0 Å². The first-order valence-corrected chi connectivity index (χ1v) is 6.63. The predicted octanol–water partition coefficient (Wildman–Crippen LogP) is 1.71. The Bertz CT molecular complexity index is 333. The van der Waals surface area contributed by atoms with Crippen LogP contribution in [-0.2, 0) is 9.53 Å². The van der Waals surface area contributed by atoms with Crippen molar-refractivity contribution in [3.05, 3.63) is 24.5 Å². The van der Waals surface area contributed by atoms with Gasteiger partial charge >= 0.3 is 5.97 Å². The number of carbonyl (C=O) groups excluding carboxylic acids is 1. The van der Waals surface area contributed by atoms with Crippen LogP contribution in [0.1, 0.15) is 13.3 Å². The zero-order valence-electron chi connectivity index (χ0n) is 10.2. The molecule has 0 bridgehead atoms. The number of thioether (sulfide) groups is 1. The normalized spacial score (nSPS) is 12.1. The maximum atomic E-state index is 11.5. The molecule has 1 heterocycles. The molecule has 94 valence electrons. The molecule has 0 fully saturated rings. The van der Waals surface area contributed by atoms with Crippen LogP contribution in [0.15, 0.2) is 29.4 Å². The maximum absolute atomic E-state index is 11.5. The molecule has 0 spiro atoms. The molecule has 0 amide bonds. The Hall–Kier alpha value is -1.07. The van der Waals surface area contributed by atoms with E-state index in [9.17, 15) is 4.79 Å². The third kappa shape index (κ3) is 5.19. The zero-order valence-corrected chi connectivity index (χ0v) is 11.0. The van der Waals surface area contributed by atoms with E-state index >= 15 is 0 Å². The van der Waals surface area contributed by atoms with Crippen molar-refractivity contribution in [1.82, 2.24) is 10.3 Å². The summed E-state index contributed by atoms with van der Waals surface area (Å²) < 4.78 is 4.98. The van der Waals surface area contributed by atoms with E-state index < -0.39 is 0 Å². The van der Waals surface area contributed by atoms with Crippen molar-refractivity contribution in [2.45, 2.75) is 24.3 Å². The van der Waals surface area contributed by atoms with Crippen molar-refractivity contribution in [2.75, 3.05) is 19.4 Å². The standard InChI is InChI=1S/C12H18N2O2S/c1-3-16-12(15)11(13-2)6-9-17-10-4-7-14-8-5-10/h4-5,7-8,11,13H,3,6,9H2,1-2H3. The third-order valence-electron chi connectivity index (χ3n) is 2.24. The van der Waals surface area contributed by atoms with Gasteiger partial charge in [-0.2, -0.15) is 0 Å². The second kappa shape index (κ2) is 8.08. The number of pyridine rings is 1. The van der Waals surface area contributed by atoms with Crippen LogP contribution in [0.4, 0.5) is 0 Å². The summed E-state index contributed by atoms with van der Waals surface area (Å²) in [5.41, 5.74) is 0. The number of carbonyl (C=O) groups is 1. The van der Waals surface area contributed by atoms with E-state index in [0.717, 1.165) is 12.2 Å². The lowest BCUT2D eigenvalue weighted by molar-refractivity contribution is -0.145. The summed E-state index contributed by atoms with van der Waals surface area (Å²) in [6, 6.07) is 3.71. The second-order valence-corrected chi connectivity index (χ2v) is 4.58. The Balaban J connectivity index is 2.31. The zero-order chi connectivity index (χ0) is 12.5. The van der Waals surface area contributed by atoms with Gasteiger partial charge in [0.1, 0.15) is 6.04 Å². The lowest BCUT2D eigenvalue weighted by atomic mass is 10.2. The van der Waals surface area contributed by atoms with Crippen LogP contribution in [0.3, 0.4) is 0 Å². The minimum atomic E-state index is -0.218. The Kier molecular flexibility index (Phi) is 6.65. The van der Waals surface area contributed by atoms with E-state index in [1.54, 1.807) is 31.2 Å². The highest BCUT2D eigenvalue weighted by atomic mass is 32.2. The van der Waals surface area contributed by atoms with E-state index in [2.05, 4.69) is 10.3 Å². The van der Waals surface area contributed by atoms with E-state index in [4.69, 9.17) is 4.74 Å². The van der Waals surface area contributed by atoms with Crippen molar-refractivity contribution in [2.24, 2.45) is 0 Å². The van der Waals surface area contributed by atoms with Crippen LogP contribution in [0.2, 0.25) is 0 Å². The monoisotopic (exact) mass is 254 g/mol. The molecule has 0 radical (unpaired) electrons. The number of ether oxygens (including phenoxy) is 1. The number of hydrogen-bond donors (Lipinski definition) is 1. The quantitative estimate of drug-likeness (QED) is 0.593. The van der Waals surface area contributed by atoms with Gasteiger partial charge in [-0.15, -0.1) is 11.8 Å². The van der Waals surface area contributed by atoms with E-state index in [0.29, 0.717) is 6.61 Å². The molecule has 1 aromatic heterocycles. The van der Waals surface area contributed by atoms with E-state index in [1.807, 2.05) is 19.1 Å². The van der Waals surface area contributed by atoms with Crippen LogP contribution < -0.4 is 5.32 Å². The number of rotatable bonds is 7. The number of nitrogens with one attached hydrogen (secondary N) is 1. The third-order valence-corrected chi connectivity index (χ3v) is 3.29. The molecular formula is C12H18N2O2S. The molecule has 1 unspecified atom stereocenters. The smallest absolute Gasteiger partial charge is 0.323 e. The average molecular weight is 254 g/mol. The summed E-state index contributed by atoms with van der Waals surface area (Å²) in [4.78, 5) is 16.6. The summed E-state index contributed by atoms with van der Waals surface area (Å²) in [6.45, 7) is 2.24. The van der Waals surface area contributed by atoms with E-state index in [1.165, 1.54) is 4.90 Å². The SMILES string of the molecule is CCOC(=O)C(CCSc1ccncc1)NC. The molecule has 0 saturated carbocycles. The molecule has 5 heteroatoms. The fourth-order valence-corrected chi connectivity index (χ4v) is 2.26. The van der Waals surface area contributed by atoms with Crippen LogP contribution in [0.25, 0.3) is 0 Å². The maximum Gasteiger partial charge on any atom is 0.323 e. The number of esters is 1. The molecule has 0 aliphatic rings. The Morgan fingerprint density at radius 2 is 2.24 bits per heavy atom. The molecule has 0 saturated heterocycles. The summed E-state index contributed by atoms with van der Waals surface area (Å²) in [5.74, 6) is 0.694. The molecule has 1 N–H and O–H groups in total. The van der Waals surface area contributed by atoms with Gasteiger partial charge in [-0.1, -0.05) is 0 Å². The van der Waals surface area contributed by atoms with Gasteiger partial charge in [-0.25, -0.2) is 0 Å². The fourth-order valence-electron chi connectivity index (χ4n) is 1.35. The van der Waals surface area contributed by atoms with Gasteiger partial charge in [0, 0.05) is 23.0 Å². The van der Waals surface area contributed by atoms with Crippen molar-refractivity contribution < 1.29 is 9.53 Å². The van der Waals surface area contributed by atoms with Crippen LogP contribution >= 0.6 is 11.8 Å². The van der Waals surface area contributed by atoms with Crippen molar-refractivity contribution in [3.8, 4) is 0 Å². The number of hydrogen-bond acceptors (Lipinski definition) is 5. The molecule has 0 aliphatic heterocycles. The van der Waals surface area contributed by atoms with Gasteiger partial charge in [-0.05, 0) is 32.5 Å². The Morgan fingerprint density at radius 1 is 1.53 bits per heavy atom. The first-order chi connectivity index (χ1) is 8.27. The molecule has 1 aromatic rings. The van der Waals surface area contributed by atoms with Crippen molar-refractivity contribution >= 4 is 17.7 Å². The molecule has 1 rings (SSSR count). The molecule has 0 aliphatic carbocycles.